The van der Waals surface area contributed by atoms with Crippen LogP contribution in [0, 0.1) is 16.0 Å². The van der Waals surface area contributed by atoms with Crippen LogP contribution in [0.1, 0.15) is 25.8 Å². The van der Waals surface area contributed by atoms with Gasteiger partial charge < -0.3 is 10.4 Å². The number of nitro groups is 1. The van der Waals surface area contributed by atoms with Crippen molar-refractivity contribution in [2.45, 2.75) is 32.8 Å². The maximum absolute atomic E-state index is 11.8. The molecule has 0 unspecified atom stereocenters. The average molecular weight is 280 g/mol. The van der Waals surface area contributed by atoms with E-state index in [-0.39, 0.29) is 23.9 Å². The molecule has 0 aliphatic rings. The highest BCUT2D eigenvalue weighted by molar-refractivity contribution is 5.79. The van der Waals surface area contributed by atoms with Gasteiger partial charge >= 0.3 is 0 Å². The molecule has 110 valence electrons. The summed E-state index contributed by atoms with van der Waals surface area (Å²) in [5.41, 5.74) is 0.359. The number of amides is 1. The third kappa shape index (κ3) is 5.36. The van der Waals surface area contributed by atoms with E-state index in [0.29, 0.717) is 18.5 Å². The molecule has 0 saturated heterocycles. The minimum atomic E-state index is -0.487. The molecule has 0 bridgehead atoms. The monoisotopic (exact) mass is 280 g/mol. The van der Waals surface area contributed by atoms with Gasteiger partial charge in [0.2, 0.25) is 5.91 Å². The van der Waals surface area contributed by atoms with Crippen LogP contribution in [0.4, 0.5) is 5.69 Å². The van der Waals surface area contributed by atoms with E-state index in [2.05, 4.69) is 5.32 Å². The molecule has 2 atom stereocenters. The molecule has 0 saturated carbocycles. The maximum atomic E-state index is 11.8. The van der Waals surface area contributed by atoms with Crippen molar-refractivity contribution in [1.82, 2.24) is 5.32 Å². The molecule has 0 radical (unpaired) electrons. The summed E-state index contributed by atoms with van der Waals surface area (Å²) in [6.07, 6.45) is 0.182. The Balaban J connectivity index is 2.53. The minimum Gasteiger partial charge on any atom is -0.393 e. The van der Waals surface area contributed by atoms with E-state index in [4.69, 9.17) is 0 Å². The molecular weight excluding hydrogens is 260 g/mol. The van der Waals surface area contributed by atoms with E-state index in [1.54, 1.807) is 25.1 Å². The largest absolute Gasteiger partial charge is 0.393 e. The van der Waals surface area contributed by atoms with Crippen molar-refractivity contribution in [3.05, 3.63) is 39.9 Å². The highest BCUT2D eigenvalue weighted by atomic mass is 16.6. The number of hydrogen-bond acceptors (Lipinski definition) is 4. The minimum absolute atomic E-state index is 0.0153. The molecule has 1 aromatic rings. The number of nitro benzene ring substituents is 1. The Kier molecular flexibility index (Phi) is 6.11. The zero-order chi connectivity index (χ0) is 15.1. The number of aliphatic hydroxyl groups excluding tert-OH is 1. The highest BCUT2D eigenvalue weighted by Crippen LogP contribution is 2.18. The van der Waals surface area contributed by atoms with Gasteiger partial charge in [-0.05, 0) is 19.3 Å². The lowest BCUT2D eigenvalue weighted by molar-refractivity contribution is -0.385. The summed E-state index contributed by atoms with van der Waals surface area (Å²) < 4.78 is 0. The molecule has 0 spiro atoms. The van der Waals surface area contributed by atoms with Crippen LogP contribution in [0.5, 0.6) is 0 Å². The second-order valence-corrected chi connectivity index (χ2v) is 5.06. The summed E-state index contributed by atoms with van der Waals surface area (Å²) in [6, 6.07) is 6.21. The molecule has 0 aromatic heterocycles. The van der Waals surface area contributed by atoms with Crippen molar-refractivity contribution in [3.63, 3.8) is 0 Å². The van der Waals surface area contributed by atoms with Gasteiger partial charge in [-0.25, -0.2) is 0 Å². The summed E-state index contributed by atoms with van der Waals surface area (Å²) in [4.78, 5) is 22.1. The molecule has 2 N–H and O–H groups in total. The Bertz CT molecular complexity index is 474. The first-order valence-electron chi connectivity index (χ1n) is 6.57. The third-order valence-electron chi connectivity index (χ3n) is 2.93. The molecule has 0 heterocycles. The summed E-state index contributed by atoms with van der Waals surface area (Å²) in [5.74, 6) is -0.0959. The van der Waals surface area contributed by atoms with Gasteiger partial charge in [0.25, 0.3) is 5.69 Å². The fraction of sp³-hybridized carbons (Fsp3) is 0.500. The van der Waals surface area contributed by atoms with Gasteiger partial charge in [-0.1, -0.05) is 25.1 Å². The Labute approximate surface area is 118 Å². The summed E-state index contributed by atoms with van der Waals surface area (Å²) in [6.45, 7) is 4.08. The average Bonchev–Trinajstić information content (AvgIpc) is 2.36. The van der Waals surface area contributed by atoms with Crippen molar-refractivity contribution in [3.8, 4) is 0 Å². The summed E-state index contributed by atoms with van der Waals surface area (Å²) in [7, 11) is 0. The molecular formula is C14H20N2O4. The zero-order valence-electron chi connectivity index (χ0n) is 11.7. The fourth-order valence-electron chi connectivity index (χ4n) is 2.03. The topological polar surface area (TPSA) is 92.5 Å². The van der Waals surface area contributed by atoms with Crippen molar-refractivity contribution in [2.75, 3.05) is 6.54 Å². The molecule has 6 nitrogen and oxygen atoms in total. The lowest BCUT2D eigenvalue weighted by atomic mass is 10.0. The van der Waals surface area contributed by atoms with E-state index in [0.717, 1.165) is 0 Å². The Morgan fingerprint density at radius 2 is 2.05 bits per heavy atom. The standard InChI is InChI=1S/C14H20N2O4/c1-10(7-11(2)17)9-15-14(18)8-12-5-3-4-6-13(12)16(19)20/h3-6,10-11,17H,7-9H2,1-2H3,(H,15,18)/t10-,11+/m0/s1. The van der Waals surface area contributed by atoms with Crippen LogP contribution in [-0.2, 0) is 11.2 Å². The predicted molar refractivity (Wildman–Crippen MR) is 75.3 cm³/mol. The van der Waals surface area contributed by atoms with Crippen LogP contribution in [0.25, 0.3) is 0 Å². The lowest BCUT2D eigenvalue weighted by Gasteiger charge is -2.14. The van der Waals surface area contributed by atoms with Crippen LogP contribution in [0.2, 0.25) is 0 Å². The normalized spacial score (nSPS) is 13.6. The molecule has 0 aliphatic heterocycles. The number of rotatable bonds is 7. The second-order valence-electron chi connectivity index (χ2n) is 5.06. The fourth-order valence-corrected chi connectivity index (χ4v) is 2.03. The number of nitrogens with one attached hydrogen (secondary N) is 1. The van der Waals surface area contributed by atoms with Crippen molar-refractivity contribution < 1.29 is 14.8 Å². The van der Waals surface area contributed by atoms with Crippen LogP contribution in [0.15, 0.2) is 24.3 Å². The first kappa shape index (κ1) is 16.1. The Morgan fingerprint density at radius 1 is 1.40 bits per heavy atom. The summed E-state index contributed by atoms with van der Waals surface area (Å²) >= 11 is 0. The molecule has 1 rings (SSSR count). The van der Waals surface area contributed by atoms with Gasteiger partial charge in [-0.3, -0.25) is 14.9 Å². The highest BCUT2D eigenvalue weighted by Gasteiger charge is 2.16. The maximum Gasteiger partial charge on any atom is 0.273 e. The van der Waals surface area contributed by atoms with Gasteiger partial charge in [0, 0.05) is 18.2 Å². The number of benzene rings is 1. The van der Waals surface area contributed by atoms with Gasteiger partial charge in [0.1, 0.15) is 0 Å². The number of carbonyl (C=O) groups is 1. The van der Waals surface area contributed by atoms with Gasteiger partial charge in [-0.2, -0.15) is 0 Å². The number of nitrogens with zero attached hydrogens (tertiary/aromatic N) is 1. The van der Waals surface area contributed by atoms with Crippen LogP contribution >= 0.6 is 0 Å². The third-order valence-corrected chi connectivity index (χ3v) is 2.93. The van der Waals surface area contributed by atoms with Crippen LogP contribution in [0.3, 0.4) is 0 Å². The van der Waals surface area contributed by atoms with Crippen LogP contribution in [-0.4, -0.2) is 28.6 Å². The van der Waals surface area contributed by atoms with Crippen molar-refractivity contribution in [1.29, 1.82) is 0 Å². The Hall–Kier alpha value is -1.95. The number of hydrogen-bond donors (Lipinski definition) is 2. The first-order valence-corrected chi connectivity index (χ1v) is 6.57. The van der Waals surface area contributed by atoms with E-state index in [1.807, 2.05) is 6.92 Å². The van der Waals surface area contributed by atoms with E-state index >= 15 is 0 Å². The summed E-state index contributed by atoms with van der Waals surface area (Å²) in [5, 5.41) is 22.8. The van der Waals surface area contributed by atoms with Gasteiger partial charge in [0.05, 0.1) is 17.4 Å². The predicted octanol–water partition coefficient (Wildman–Crippen LogP) is 1.66. The van der Waals surface area contributed by atoms with E-state index in [9.17, 15) is 20.0 Å². The van der Waals surface area contributed by atoms with Gasteiger partial charge in [-0.15, -0.1) is 0 Å². The molecule has 6 heteroatoms. The molecule has 20 heavy (non-hydrogen) atoms. The lowest BCUT2D eigenvalue weighted by Crippen LogP contribution is -2.30. The quantitative estimate of drug-likeness (QED) is 0.587. The smallest absolute Gasteiger partial charge is 0.273 e. The number of para-hydroxylation sites is 1. The van der Waals surface area contributed by atoms with Crippen molar-refractivity contribution in [2.24, 2.45) is 5.92 Å². The van der Waals surface area contributed by atoms with Crippen molar-refractivity contribution >= 4 is 11.6 Å². The Morgan fingerprint density at radius 3 is 2.65 bits per heavy atom. The molecule has 1 aromatic carbocycles. The molecule has 1 amide bonds. The van der Waals surface area contributed by atoms with Crippen LogP contribution < -0.4 is 5.32 Å². The zero-order valence-corrected chi connectivity index (χ0v) is 11.7. The second kappa shape index (κ2) is 7.59. The number of aliphatic hydroxyl groups is 1. The van der Waals surface area contributed by atoms with E-state index < -0.39 is 11.0 Å². The SMILES string of the molecule is C[C@H](CNC(=O)Cc1ccccc1[N+](=O)[O-])C[C@@H](C)O. The number of carbonyl (C=O) groups excluding carboxylic acids is 1. The van der Waals surface area contributed by atoms with Gasteiger partial charge in [0.15, 0.2) is 0 Å². The first-order chi connectivity index (χ1) is 9.40. The molecule has 0 fully saturated rings. The molecule has 0 aliphatic carbocycles. The van der Waals surface area contributed by atoms with E-state index in [1.165, 1.54) is 6.07 Å².